The Morgan fingerprint density at radius 2 is 1.47 bits per heavy atom. The zero-order valence-electron chi connectivity index (χ0n) is 17.3. The highest BCUT2D eigenvalue weighted by molar-refractivity contribution is 5.61. The van der Waals surface area contributed by atoms with E-state index < -0.39 is 27.0 Å². The Labute approximate surface area is 194 Å². The molecule has 3 aromatic heterocycles. The van der Waals surface area contributed by atoms with Crippen molar-refractivity contribution in [3.05, 3.63) is 108 Å². The molecule has 0 fully saturated rings. The molecule has 2 atom stereocenters. The van der Waals surface area contributed by atoms with Crippen molar-refractivity contribution in [1.82, 2.24) is 0 Å². The average molecular weight is 488 g/mol. The molecule has 1 aromatic carbocycles. The van der Waals surface area contributed by atoms with Gasteiger partial charge < -0.3 is 24.2 Å². The predicted octanol–water partition coefficient (Wildman–Crippen LogP) is -2.26. The summed E-state index contributed by atoms with van der Waals surface area (Å²) in [5.74, 6) is -0.0745. The zero-order valence-corrected chi connectivity index (χ0v) is 18.1. The summed E-state index contributed by atoms with van der Waals surface area (Å²) in [6.07, 6.45) is 8.11. The topological polar surface area (TPSA) is 183 Å². The van der Waals surface area contributed by atoms with Crippen molar-refractivity contribution in [3.8, 4) is 5.75 Å². The van der Waals surface area contributed by atoms with E-state index in [0.717, 1.165) is 0 Å². The van der Waals surface area contributed by atoms with Crippen molar-refractivity contribution in [2.75, 3.05) is 0 Å². The second-order valence-electron chi connectivity index (χ2n) is 8.17. The van der Waals surface area contributed by atoms with E-state index in [-0.39, 0.29) is 12.2 Å². The van der Waals surface area contributed by atoms with Crippen LogP contribution in [0.1, 0.15) is 34.4 Å². The molecule has 2 unspecified atom stereocenters. The molecule has 2 bridgehead atoms. The van der Waals surface area contributed by atoms with Crippen LogP contribution in [-0.4, -0.2) is 15.3 Å². The fourth-order valence-corrected chi connectivity index (χ4v) is 5.49. The normalized spacial score (nSPS) is 24.1. The Morgan fingerprint density at radius 1 is 0.853 bits per heavy atom. The molecule has 0 saturated heterocycles. The Morgan fingerprint density at radius 3 is 2.03 bits per heavy atom. The van der Waals surface area contributed by atoms with E-state index in [1.54, 1.807) is 53.6 Å². The van der Waals surface area contributed by atoms with Gasteiger partial charge in [-0.15, -0.1) is 10.2 Å². The van der Waals surface area contributed by atoms with Gasteiger partial charge in [0, 0.05) is 23.3 Å². The van der Waals surface area contributed by atoms with Gasteiger partial charge in [-0.2, -0.15) is 4.57 Å². The third-order valence-electron chi connectivity index (χ3n) is 6.62. The van der Waals surface area contributed by atoms with Gasteiger partial charge in [0.05, 0.1) is 48.0 Å². The molecule has 176 valence electrons. The summed E-state index contributed by atoms with van der Waals surface area (Å²) in [6.45, 7) is 0. The first-order chi connectivity index (χ1) is 16.0. The minimum atomic E-state index is -4.94. The van der Waals surface area contributed by atoms with Gasteiger partial charge in [-0.3, -0.25) is 0 Å². The smallest absolute Gasteiger partial charge is 0.298 e. The van der Waals surface area contributed by atoms with E-state index in [1.807, 2.05) is 12.1 Å². The van der Waals surface area contributed by atoms with Gasteiger partial charge in [0.25, 0.3) is 5.72 Å². The molecule has 0 amide bonds. The number of aliphatic hydroxyl groups is 2. The van der Waals surface area contributed by atoms with Gasteiger partial charge in [0.1, 0.15) is 5.75 Å². The number of furan rings is 2. The average Bonchev–Trinajstić information content (AvgIpc) is 3.49. The number of rotatable bonds is 2. The van der Waals surface area contributed by atoms with Crippen molar-refractivity contribution in [3.63, 3.8) is 0 Å². The highest BCUT2D eigenvalue weighted by Crippen LogP contribution is 2.64. The molecule has 0 saturated carbocycles. The van der Waals surface area contributed by atoms with E-state index in [1.165, 1.54) is 18.6 Å². The molecule has 2 aliphatic heterocycles. The third kappa shape index (κ3) is 2.95. The molecule has 10 nitrogen and oxygen atoms in total. The number of phenols is 1. The summed E-state index contributed by atoms with van der Waals surface area (Å²) in [5.41, 5.74) is -1.71. The van der Waals surface area contributed by atoms with Gasteiger partial charge in [-0.05, 0) is 30.3 Å². The minimum absolute atomic E-state index is 0.0745. The largest absolute Gasteiger partial charge is 0.508 e. The SMILES string of the molecule is Oc1cccc2c1C1(O)c3cccc[n+]3C2(O)CC1(c1ccoc1)c1ccoc1.[O-][Cl+3]([O-])([O-])[O-]. The number of hydrogen-bond acceptors (Lipinski definition) is 9. The van der Waals surface area contributed by atoms with E-state index in [0.29, 0.717) is 27.9 Å². The standard InChI is InChI=1S/C23H17NO5.ClHO4/c25-18-5-3-4-17-20(18)23(27)19-6-1-2-9-24(19)22(17,26)14-21(23,15-7-10-28-12-15)16-8-11-29-13-16;2-1(3,4)5/h1-13,26-27H,14H2;(H,2,3,4,5). The fourth-order valence-electron chi connectivity index (χ4n) is 5.49. The summed E-state index contributed by atoms with van der Waals surface area (Å²) in [4.78, 5) is 0. The van der Waals surface area contributed by atoms with Crippen LogP contribution < -0.4 is 23.2 Å². The Hall–Kier alpha value is -3.22. The van der Waals surface area contributed by atoms with Gasteiger partial charge in [0.2, 0.25) is 5.69 Å². The summed E-state index contributed by atoms with van der Waals surface area (Å²) in [6, 6.07) is 13.9. The fraction of sp³-hybridized carbons (Fsp3) is 0.174. The van der Waals surface area contributed by atoms with E-state index >= 15 is 0 Å². The van der Waals surface area contributed by atoms with Gasteiger partial charge in [-0.25, -0.2) is 18.6 Å². The first-order valence-electron chi connectivity index (χ1n) is 10.00. The van der Waals surface area contributed by atoms with E-state index in [4.69, 9.17) is 27.5 Å². The number of phenolic OH excluding ortho intramolecular Hbond substituents is 1. The summed E-state index contributed by atoms with van der Waals surface area (Å²) < 4.78 is 46.4. The number of aromatic hydroxyl groups is 1. The highest BCUT2D eigenvalue weighted by atomic mass is 35.7. The van der Waals surface area contributed by atoms with Crippen LogP contribution in [0, 0.1) is 10.2 Å². The molecule has 5 heterocycles. The van der Waals surface area contributed by atoms with Crippen LogP contribution in [-0.2, 0) is 16.7 Å². The van der Waals surface area contributed by atoms with Gasteiger partial charge in [0.15, 0.2) is 11.8 Å². The van der Waals surface area contributed by atoms with E-state index in [2.05, 4.69) is 0 Å². The number of pyridine rings is 1. The zero-order chi connectivity index (χ0) is 24.4. The lowest BCUT2D eigenvalue weighted by Gasteiger charge is -2.55. The van der Waals surface area contributed by atoms with Gasteiger partial charge >= 0.3 is 0 Å². The number of fused-ring (bicyclic) bond motifs is 1. The molecule has 1 aliphatic carbocycles. The maximum atomic E-state index is 12.6. The number of hydrogen-bond donors (Lipinski definition) is 3. The molecule has 3 N–H and O–H groups in total. The Balaban J connectivity index is 0.000000439. The molecule has 11 heteroatoms. The number of benzene rings is 1. The van der Waals surface area contributed by atoms with E-state index in [9.17, 15) is 15.3 Å². The summed E-state index contributed by atoms with van der Waals surface area (Å²) in [5, 5.41) is 35.6. The molecule has 3 aliphatic rings. The second-order valence-corrected chi connectivity index (χ2v) is 8.92. The van der Waals surface area contributed by atoms with Crippen LogP contribution in [0.5, 0.6) is 5.75 Å². The Bertz CT molecular complexity index is 1290. The van der Waals surface area contributed by atoms with Crippen LogP contribution in [0.2, 0.25) is 0 Å². The summed E-state index contributed by atoms with van der Waals surface area (Å²) >= 11 is 0. The monoisotopic (exact) mass is 487 g/mol. The quantitative estimate of drug-likeness (QED) is 0.263. The van der Waals surface area contributed by atoms with Crippen molar-refractivity contribution < 1.29 is 57.6 Å². The predicted molar refractivity (Wildman–Crippen MR) is 99.9 cm³/mol. The van der Waals surface area contributed by atoms with Crippen LogP contribution in [0.25, 0.3) is 0 Å². The van der Waals surface area contributed by atoms with Crippen LogP contribution >= 0.6 is 0 Å². The molecule has 7 rings (SSSR count). The first kappa shape index (κ1) is 22.6. The molecule has 4 aromatic rings. The maximum absolute atomic E-state index is 12.6. The second kappa shape index (κ2) is 7.39. The molecule has 0 spiro atoms. The third-order valence-corrected chi connectivity index (χ3v) is 6.62. The number of halogens is 1. The van der Waals surface area contributed by atoms with Crippen molar-refractivity contribution in [1.29, 1.82) is 0 Å². The minimum Gasteiger partial charge on any atom is -0.508 e. The van der Waals surface area contributed by atoms with Crippen LogP contribution in [0.3, 0.4) is 0 Å². The molecule has 0 radical (unpaired) electrons. The lowest BCUT2D eigenvalue weighted by atomic mass is 9.50. The highest BCUT2D eigenvalue weighted by Gasteiger charge is 2.75. The number of aromatic nitrogens is 1. The van der Waals surface area contributed by atoms with Crippen LogP contribution in [0.15, 0.2) is 88.6 Å². The lowest BCUT2D eigenvalue weighted by Crippen LogP contribution is -2.76. The van der Waals surface area contributed by atoms with Gasteiger partial charge in [-0.1, -0.05) is 6.07 Å². The molecular formula is C23H18ClNO9. The summed E-state index contributed by atoms with van der Waals surface area (Å²) in [7, 11) is -4.94. The van der Waals surface area contributed by atoms with Crippen molar-refractivity contribution in [2.45, 2.75) is 23.2 Å². The molecular weight excluding hydrogens is 470 g/mol. The Kier molecular flexibility index (Phi) is 4.90. The van der Waals surface area contributed by atoms with Crippen molar-refractivity contribution >= 4 is 0 Å². The lowest BCUT2D eigenvalue weighted by molar-refractivity contribution is -2.00. The van der Waals surface area contributed by atoms with Crippen molar-refractivity contribution in [2.24, 2.45) is 0 Å². The maximum Gasteiger partial charge on any atom is 0.298 e. The van der Waals surface area contributed by atoms with Crippen LogP contribution in [0.4, 0.5) is 0 Å². The number of nitrogens with zero attached hydrogens (tertiary/aromatic N) is 1. The first-order valence-corrected chi connectivity index (χ1v) is 11.2. The molecule has 34 heavy (non-hydrogen) atoms.